The number of nitrogens with one attached hydrogen (secondary N) is 1. The molecule has 1 aromatic carbocycles. The van der Waals surface area contributed by atoms with Crippen LogP contribution < -0.4 is 5.32 Å². The normalized spacial score (nSPS) is 19.9. The topological polar surface area (TPSA) is 52.6 Å². The predicted octanol–water partition coefficient (Wildman–Crippen LogP) is 2.26. The molecular weight excluding hydrogens is 283 g/mol. The Hall–Kier alpha value is -1.17. The second kappa shape index (κ2) is 7.02. The van der Waals surface area contributed by atoms with E-state index in [0.29, 0.717) is 5.69 Å². The van der Waals surface area contributed by atoms with Gasteiger partial charge in [0.1, 0.15) is 5.82 Å². The van der Waals surface area contributed by atoms with Crippen molar-refractivity contribution >= 4 is 23.2 Å². The van der Waals surface area contributed by atoms with E-state index in [1.54, 1.807) is 0 Å². The van der Waals surface area contributed by atoms with Crippen molar-refractivity contribution in [3.05, 3.63) is 29.0 Å². The first-order chi connectivity index (χ1) is 9.60. The fourth-order valence-electron chi connectivity index (χ4n) is 2.44. The van der Waals surface area contributed by atoms with Crippen molar-refractivity contribution in [2.75, 3.05) is 25.0 Å². The maximum absolute atomic E-state index is 12.9. The van der Waals surface area contributed by atoms with E-state index in [9.17, 15) is 14.3 Å². The zero-order valence-electron chi connectivity index (χ0n) is 11.1. The molecule has 0 bridgehead atoms. The molecule has 0 spiro atoms. The van der Waals surface area contributed by atoms with Crippen LogP contribution in [-0.2, 0) is 4.79 Å². The lowest BCUT2D eigenvalue weighted by Crippen LogP contribution is -2.45. The van der Waals surface area contributed by atoms with Gasteiger partial charge >= 0.3 is 0 Å². The van der Waals surface area contributed by atoms with Crippen molar-refractivity contribution < 1.29 is 14.3 Å². The van der Waals surface area contributed by atoms with E-state index in [4.69, 9.17) is 11.6 Å². The van der Waals surface area contributed by atoms with Gasteiger partial charge in [0.2, 0.25) is 5.91 Å². The second-order valence-electron chi connectivity index (χ2n) is 4.98. The number of hydrogen-bond acceptors (Lipinski definition) is 3. The van der Waals surface area contributed by atoms with Crippen LogP contribution >= 0.6 is 11.6 Å². The first kappa shape index (κ1) is 15.2. The van der Waals surface area contributed by atoms with E-state index >= 15 is 0 Å². The third-order valence-electron chi connectivity index (χ3n) is 3.51. The highest BCUT2D eigenvalue weighted by atomic mass is 35.5. The fourth-order valence-corrected chi connectivity index (χ4v) is 2.65. The largest absolute Gasteiger partial charge is 0.395 e. The smallest absolute Gasteiger partial charge is 0.238 e. The molecule has 2 N–H and O–H groups in total. The van der Waals surface area contributed by atoms with Gasteiger partial charge in [-0.25, -0.2) is 4.39 Å². The van der Waals surface area contributed by atoms with Gasteiger partial charge in [-0.3, -0.25) is 9.69 Å². The van der Waals surface area contributed by atoms with Gasteiger partial charge in [-0.15, -0.1) is 0 Å². The van der Waals surface area contributed by atoms with E-state index in [1.165, 1.54) is 12.1 Å². The van der Waals surface area contributed by atoms with Crippen LogP contribution in [-0.4, -0.2) is 41.7 Å². The van der Waals surface area contributed by atoms with Crippen molar-refractivity contribution in [2.24, 2.45) is 0 Å². The van der Waals surface area contributed by atoms with Crippen molar-refractivity contribution in [3.8, 4) is 0 Å². The van der Waals surface area contributed by atoms with Crippen LogP contribution in [0, 0.1) is 5.82 Å². The van der Waals surface area contributed by atoms with Crippen LogP contribution in [0.3, 0.4) is 0 Å². The van der Waals surface area contributed by atoms with Crippen molar-refractivity contribution in [2.45, 2.75) is 25.3 Å². The van der Waals surface area contributed by atoms with E-state index in [0.717, 1.165) is 31.9 Å². The lowest BCUT2D eigenvalue weighted by atomic mass is 10.0. The highest BCUT2D eigenvalue weighted by Gasteiger charge is 2.23. The average molecular weight is 301 g/mol. The Morgan fingerprint density at radius 3 is 3.00 bits per heavy atom. The Morgan fingerprint density at radius 1 is 1.50 bits per heavy atom. The van der Waals surface area contributed by atoms with Crippen LogP contribution in [0.1, 0.15) is 19.3 Å². The number of aliphatic hydroxyl groups is 1. The summed E-state index contributed by atoms with van der Waals surface area (Å²) in [5, 5.41) is 12.1. The van der Waals surface area contributed by atoms with Gasteiger partial charge in [0.25, 0.3) is 0 Å². The molecule has 6 heteroatoms. The predicted molar refractivity (Wildman–Crippen MR) is 76.3 cm³/mol. The van der Waals surface area contributed by atoms with Crippen LogP contribution in [0.15, 0.2) is 18.2 Å². The minimum Gasteiger partial charge on any atom is -0.395 e. The van der Waals surface area contributed by atoms with Crippen LogP contribution in [0.25, 0.3) is 0 Å². The summed E-state index contributed by atoms with van der Waals surface area (Å²) in [5.74, 6) is -0.650. The first-order valence-corrected chi connectivity index (χ1v) is 7.08. The number of piperidine rings is 1. The monoisotopic (exact) mass is 300 g/mol. The molecule has 0 saturated carbocycles. The Balaban J connectivity index is 1.94. The third kappa shape index (κ3) is 3.91. The third-order valence-corrected chi connectivity index (χ3v) is 3.82. The number of nitrogens with zero attached hydrogens (tertiary/aromatic N) is 1. The molecule has 1 aliphatic heterocycles. The van der Waals surface area contributed by atoms with Gasteiger partial charge in [0.15, 0.2) is 0 Å². The molecule has 1 heterocycles. The Kier molecular flexibility index (Phi) is 5.34. The summed E-state index contributed by atoms with van der Waals surface area (Å²) in [4.78, 5) is 14.0. The summed E-state index contributed by atoms with van der Waals surface area (Å²) in [6, 6.07) is 3.89. The quantitative estimate of drug-likeness (QED) is 0.897. The van der Waals surface area contributed by atoms with Crippen molar-refractivity contribution in [1.29, 1.82) is 0 Å². The number of benzene rings is 1. The number of likely N-dealkylation sites (tertiary alicyclic amines) is 1. The SMILES string of the molecule is O=C(CN1CCCC[C@@H]1CO)Nc1ccc(F)cc1Cl. The molecule has 1 fully saturated rings. The van der Waals surface area contributed by atoms with Gasteiger partial charge in [-0.1, -0.05) is 18.0 Å². The van der Waals surface area contributed by atoms with E-state index in [-0.39, 0.29) is 30.1 Å². The zero-order chi connectivity index (χ0) is 14.5. The standard InChI is InChI=1S/C14H18ClFN2O2/c15-12-7-10(16)4-5-13(12)17-14(20)8-18-6-2-1-3-11(18)9-19/h4-5,7,11,19H,1-3,6,8-9H2,(H,17,20)/t11-/m1/s1. The van der Waals surface area contributed by atoms with Gasteiger partial charge in [-0.2, -0.15) is 0 Å². The highest BCUT2D eigenvalue weighted by Crippen LogP contribution is 2.22. The van der Waals surface area contributed by atoms with Crippen LogP contribution in [0.4, 0.5) is 10.1 Å². The minimum atomic E-state index is -0.440. The molecule has 2 rings (SSSR count). The van der Waals surface area contributed by atoms with Crippen LogP contribution in [0.5, 0.6) is 0 Å². The molecule has 0 unspecified atom stereocenters. The Bertz CT molecular complexity index is 484. The number of carbonyl (C=O) groups excluding carboxylic acids is 1. The second-order valence-corrected chi connectivity index (χ2v) is 5.38. The molecule has 0 radical (unpaired) electrons. The highest BCUT2D eigenvalue weighted by molar-refractivity contribution is 6.33. The van der Waals surface area contributed by atoms with Gasteiger partial charge in [0, 0.05) is 6.04 Å². The number of halogens is 2. The minimum absolute atomic E-state index is 0.0400. The first-order valence-electron chi connectivity index (χ1n) is 6.70. The summed E-state index contributed by atoms with van der Waals surface area (Å²) >= 11 is 5.86. The molecular formula is C14H18ClFN2O2. The molecule has 0 aliphatic carbocycles. The number of aliphatic hydroxyl groups excluding tert-OH is 1. The summed E-state index contributed by atoms with van der Waals surface area (Å²) in [6.07, 6.45) is 3.01. The summed E-state index contributed by atoms with van der Waals surface area (Å²) in [5.41, 5.74) is 0.399. The fraction of sp³-hybridized carbons (Fsp3) is 0.500. The molecule has 4 nitrogen and oxygen atoms in total. The summed E-state index contributed by atoms with van der Waals surface area (Å²) in [6.45, 7) is 1.07. The summed E-state index contributed by atoms with van der Waals surface area (Å²) < 4.78 is 12.9. The summed E-state index contributed by atoms with van der Waals surface area (Å²) in [7, 11) is 0. The maximum Gasteiger partial charge on any atom is 0.238 e. The number of rotatable bonds is 4. The molecule has 20 heavy (non-hydrogen) atoms. The number of anilines is 1. The van der Waals surface area contributed by atoms with Crippen molar-refractivity contribution in [3.63, 3.8) is 0 Å². The molecule has 0 aromatic heterocycles. The number of amides is 1. The zero-order valence-corrected chi connectivity index (χ0v) is 11.9. The van der Waals surface area contributed by atoms with E-state index < -0.39 is 5.82 Å². The molecule has 1 saturated heterocycles. The lowest BCUT2D eigenvalue weighted by Gasteiger charge is -2.33. The Morgan fingerprint density at radius 2 is 2.30 bits per heavy atom. The number of carbonyl (C=O) groups is 1. The van der Waals surface area contributed by atoms with Crippen molar-refractivity contribution in [1.82, 2.24) is 4.90 Å². The van der Waals surface area contributed by atoms with Gasteiger partial charge < -0.3 is 10.4 Å². The van der Waals surface area contributed by atoms with Gasteiger partial charge in [-0.05, 0) is 37.6 Å². The van der Waals surface area contributed by atoms with E-state index in [1.807, 2.05) is 4.90 Å². The molecule has 1 atom stereocenters. The molecule has 1 amide bonds. The maximum atomic E-state index is 12.9. The molecule has 110 valence electrons. The molecule has 1 aliphatic rings. The Labute approximate surface area is 122 Å². The number of hydrogen-bond donors (Lipinski definition) is 2. The van der Waals surface area contributed by atoms with Crippen LogP contribution in [0.2, 0.25) is 5.02 Å². The lowest BCUT2D eigenvalue weighted by molar-refractivity contribution is -0.118. The average Bonchev–Trinajstić information content (AvgIpc) is 2.42. The van der Waals surface area contributed by atoms with E-state index in [2.05, 4.69) is 5.32 Å². The van der Waals surface area contributed by atoms with Gasteiger partial charge in [0.05, 0.1) is 23.9 Å². The molecule has 1 aromatic rings.